The van der Waals surface area contributed by atoms with Gasteiger partial charge in [-0.05, 0) is 24.3 Å². The number of carbonyl (C=O) groups is 1. The Morgan fingerprint density at radius 1 is 0.900 bits per heavy atom. The number of carbonyl (C=O) groups excluding carboxylic acids is 1. The van der Waals surface area contributed by atoms with Crippen molar-refractivity contribution in [2.75, 3.05) is 26.2 Å². The van der Waals surface area contributed by atoms with E-state index in [2.05, 4.69) is 4.98 Å². The highest BCUT2D eigenvalue weighted by Crippen LogP contribution is 2.43. The molecule has 7 heteroatoms. The van der Waals surface area contributed by atoms with Crippen molar-refractivity contribution in [2.24, 2.45) is 0 Å². The van der Waals surface area contributed by atoms with Gasteiger partial charge in [0, 0.05) is 12.1 Å². The first-order valence-corrected chi connectivity index (χ1v) is 9.27. The van der Waals surface area contributed by atoms with E-state index < -0.39 is 0 Å². The van der Waals surface area contributed by atoms with Crippen LogP contribution in [0, 0.1) is 0 Å². The summed E-state index contributed by atoms with van der Waals surface area (Å²) in [4.78, 5) is 18.2. The van der Waals surface area contributed by atoms with Gasteiger partial charge in [0.05, 0.1) is 49.4 Å². The Morgan fingerprint density at radius 2 is 1.57 bits per heavy atom. The highest BCUT2D eigenvalue weighted by Gasteiger charge is 2.20. The maximum absolute atomic E-state index is 12.2. The van der Waals surface area contributed by atoms with Crippen LogP contribution in [0.4, 0.5) is 11.4 Å². The molecular weight excluding hydrogens is 382 g/mol. The fourth-order valence-electron chi connectivity index (χ4n) is 3.49. The Balaban J connectivity index is 1.89. The van der Waals surface area contributed by atoms with Crippen molar-refractivity contribution in [3.05, 3.63) is 67.0 Å². The molecule has 7 nitrogen and oxygen atoms in total. The van der Waals surface area contributed by atoms with E-state index >= 15 is 0 Å². The van der Waals surface area contributed by atoms with E-state index in [-0.39, 0.29) is 0 Å². The van der Waals surface area contributed by atoms with Crippen molar-refractivity contribution >= 4 is 28.8 Å². The second kappa shape index (κ2) is 8.16. The molecule has 0 N–H and O–H groups in total. The second-order valence-corrected chi connectivity index (χ2v) is 6.45. The first kappa shape index (κ1) is 19.3. The number of nitrogens with zero attached hydrogens (tertiary/aromatic N) is 3. The molecular formula is C23H21N3O4. The normalized spacial score (nSPS) is 10.6. The van der Waals surface area contributed by atoms with Crippen LogP contribution in [0.25, 0.3) is 16.7 Å². The van der Waals surface area contributed by atoms with Gasteiger partial charge in [-0.3, -0.25) is 14.3 Å². The van der Waals surface area contributed by atoms with Crippen LogP contribution in [0.2, 0.25) is 0 Å². The summed E-state index contributed by atoms with van der Waals surface area (Å²) < 4.78 is 18.2. The van der Waals surface area contributed by atoms with Gasteiger partial charge in [0.25, 0.3) is 0 Å². The fourth-order valence-corrected chi connectivity index (χ4v) is 3.49. The first-order valence-electron chi connectivity index (χ1n) is 9.27. The molecule has 0 bridgehead atoms. The van der Waals surface area contributed by atoms with E-state index in [9.17, 15) is 4.79 Å². The maximum atomic E-state index is 12.2. The summed E-state index contributed by atoms with van der Waals surface area (Å²) in [5.74, 6) is 1.39. The largest absolute Gasteiger partial charge is 0.493 e. The number of imidazole rings is 1. The zero-order valence-corrected chi connectivity index (χ0v) is 16.9. The molecule has 1 aromatic heterocycles. The average Bonchev–Trinajstić information content (AvgIpc) is 3.23. The summed E-state index contributed by atoms with van der Waals surface area (Å²) in [7, 11) is 4.62. The topological polar surface area (TPSA) is 65.8 Å². The van der Waals surface area contributed by atoms with E-state index in [0.29, 0.717) is 28.6 Å². The average molecular weight is 403 g/mol. The zero-order valence-electron chi connectivity index (χ0n) is 16.9. The van der Waals surface area contributed by atoms with Crippen LogP contribution in [0.15, 0.2) is 67.0 Å². The molecule has 0 fully saturated rings. The smallest absolute Gasteiger partial charge is 0.218 e. The van der Waals surface area contributed by atoms with E-state index in [1.54, 1.807) is 18.5 Å². The van der Waals surface area contributed by atoms with Crippen molar-refractivity contribution in [3.8, 4) is 22.9 Å². The van der Waals surface area contributed by atoms with Crippen molar-refractivity contribution in [1.29, 1.82) is 0 Å². The van der Waals surface area contributed by atoms with Crippen molar-refractivity contribution in [1.82, 2.24) is 9.55 Å². The van der Waals surface area contributed by atoms with E-state index in [1.807, 2.05) is 53.1 Å². The Bertz CT molecular complexity index is 1180. The molecule has 1 heterocycles. The second-order valence-electron chi connectivity index (χ2n) is 6.45. The third-order valence-electron chi connectivity index (χ3n) is 4.89. The standard InChI is InChI=1S/C23H21N3O4/c1-28-21-12-16(13-22(29-2)23(21)30-3)26(15-27)20-11-7-6-10-19(20)25-14-24-17-8-4-5-9-18(17)25/h4-15H,1-3H3. The molecule has 0 aliphatic rings. The summed E-state index contributed by atoms with van der Waals surface area (Å²) >= 11 is 0. The van der Waals surface area contributed by atoms with Gasteiger partial charge in [0.1, 0.15) is 6.33 Å². The van der Waals surface area contributed by atoms with Gasteiger partial charge in [-0.25, -0.2) is 4.98 Å². The summed E-state index contributed by atoms with van der Waals surface area (Å²) in [6.45, 7) is 0. The van der Waals surface area contributed by atoms with Crippen LogP contribution in [0.5, 0.6) is 17.2 Å². The van der Waals surface area contributed by atoms with Gasteiger partial charge in [0.15, 0.2) is 11.5 Å². The zero-order chi connectivity index (χ0) is 21.1. The van der Waals surface area contributed by atoms with Gasteiger partial charge >= 0.3 is 0 Å². The molecule has 1 amide bonds. The Morgan fingerprint density at radius 3 is 2.23 bits per heavy atom. The molecule has 4 aromatic rings. The molecule has 0 saturated heterocycles. The van der Waals surface area contributed by atoms with Crippen molar-refractivity contribution < 1.29 is 19.0 Å². The van der Waals surface area contributed by atoms with Gasteiger partial charge < -0.3 is 14.2 Å². The number of hydrogen-bond acceptors (Lipinski definition) is 5. The van der Waals surface area contributed by atoms with E-state index in [0.717, 1.165) is 23.1 Å². The van der Waals surface area contributed by atoms with Crippen LogP contribution in [-0.2, 0) is 4.79 Å². The predicted octanol–water partition coefficient (Wildman–Crippen LogP) is 4.35. The molecule has 4 rings (SSSR count). The predicted molar refractivity (Wildman–Crippen MR) is 115 cm³/mol. The number of methoxy groups -OCH3 is 3. The van der Waals surface area contributed by atoms with Crippen molar-refractivity contribution in [3.63, 3.8) is 0 Å². The summed E-state index contributed by atoms with van der Waals surface area (Å²) in [6, 6.07) is 18.9. The van der Waals surface area contributed by atoms with Gasteiger partial charge in [-0.2, -0.15) is 0 Å². The van der Waals surface area contributed by atoms with Crippen LogP contribution in [-0.4, -0.2) is 37.3 Å². The SMILES string of the molecule is COc1cc(N(C=O)c2ccccc2-n2cnc3ccccc32)cc(OC)c1OC. The number of benzene rings is 3. The monoisotopic (exact) mass is 403 g/mol. The van der Waals surface area contributed by atoms with Gasteiger partial charge in [-0.15, -0.1) is 0 Å². The van der Waals surface area contributed by atoms with Crippen LogP contribution in [0.1, 0.15) is 0 Å². The van der Waals surface area contributed by atoms with E-state index in [4.69, 9.17) is 14.2 Å². The number of anilines is 2. The minimum Gasteiger partial charge on any atom is -0.493 e. The first-order chi connectivity index (χ1) is 14.7. The van der Waals surface area contributed by atoms with Gasteiger partial charge in [0.2, 0.25) is 12.2 Å². The highest BCUT2D eigenvalue weighted by atomic mass is 16.5. The quantitative estimate of drug-likeness (QED) is 0.429. The van der Waals surface area contributed by atoms with E-state index in [1.165, 1.54) is 26.2 Å². The number of fused-ring (bicyclic) bond motifs is 1. The molecule has 0 aliphatic carbocycles. The Labute approximate surface area is 174 Å². The fraction of sp³-hybridized carbons (Fsp3) is 0.130. The number of ether oxygens (including phenoxy) is 3. The molecule has 30 heavy (non-hydrogen) atoms. The number of amides is 1. The van der Waals surface area contributed by atoms with Crippen molar-refractivity contribution in [2.45, 2.75) is 0 Å². The molecule has 0 saturated carbocycles. The lowest BCUT2D eigenvalue weighted by Gasteiger charge is -2.23. The Kier molecular flexibility index (Phi) is 5.26. The number of hydrogen-bond donors (Lipinski definition) is 0. The maximum Gasteiger partial charge on any atom is 0.218 e. The summed E-state index contributed by atoms with van der Waals surface area (Å²) in [5, 5.41) is 0. The Hall–Kier alpha value is -4.00. The lowest BCUT2D eigenvalue weighted by molar-refractivity contribution is -0.106. The molecule has 0 radical (unpaired) electrons. The lowest BCUT2D eigenvalue weighted by Crippen LogP contribution is -2.16. The summed E-state index contributed by atoms with van der Waals surface area (Å²) in [6.07, 6.45) is 2.51. The third kappa shape index (κ3) is 3.20. The molecule has 0 spiro atoms. The third-order valence-corrected chi connectivity index (χ3v) is 4.89. The van der Waals surface area contributed by atoms with Gasteiger partial charge in [-0.1, -0.05) is 24.3 Å². The number of rotatable bonds is 7. The number of aromatic nitrogens is 2. The summed E-state index contributed by atoms with van der Waals surface area (Å²) in [5.41, 5.74) is 3.90. The van der Waals surface area contributed by atoms with Crippen LogP contribution >= 0.6 is 0 Å². The minimum absolute atomic E-state index is 0.462. The molecule has 152 valence electrons. The van der Waals surface area contributed by atoms with Crippen LogP contribution < -0.4 is 19.1 Å². The minimum atomic E-state index is 0.462. The highest BCUT2D eigenvalue weighted by molar-refractivity contribution is 5.92. The number of para-hydroxylation sites is 4. The molecule has 3 aromatic carbocycles. The molecule has 0 aliphatic heterocycles. The lowest BCUT2D eigenvalue weighted by atomic mass is 10.2. The van der Waals surface area contributed by atoms with Crippen LogP contribution in [0.3, 0.4) is 0 Å². The molecule has 0 atom stereocenters. The molecule has 0 unspecified atom stereocenters.